The predicted molar refractivity (Wildman–Crippen MR) is 65.1 cm³/mol. The van der Waals surface area contributed by atoms with Crippen LogP contribution in [0.15, 0.2) is 0 Å². The summed E-state index contributed by atoms with van der Waals surface area (Å²) >= 11 is 0. The van der Waals surface area contributed by atoms with Gasteiger partial charge < -0.3 is 0 Å². The van der Waals surface area contributed by atoms with Gasteiger partial charge in [-0.05, 0) is 54.3 Å². The second-order valence-electron chi connectivity index (χ2n) is 7.37. The smallest absolute Gasteiger partial charge is 0.133 e. The fourth-order valence-electron chi connectivity index (χ4n) is 4.78. The van der Waals surface area contributed by atoms with E-state index in [9.17, 15) is 4.79 Å². The van der Waals surface area contributed by atoms with Crippen molar-refractivity contribution < 1.29 is 4.79 Å². The third-order valence-electron chi connectivity index (χ3n) is 6.46. The molecule has 3 atom stereocenters. The van der Waals surface area contributed by atoms with Gasteiger partial charge in [-0.2, -0.15) is 0 Å². The van der Waals surface area contributed by atoms with E-state index in [-0.39, 0.29) is 0 Å². The van der Waals surface area contributed by atoms with Crippen molar-refractivity contribution in [2.24, 2.45) is 28.6 Å². The molecular weight excluding hydrogens is 196 g/mol. The molecule has 1 heteroatoms. The van der Waals surface area contributed by atoms with Crippen LogP contribution in [-0.2, 0) is 4.79 Å². The number of carbonyl (C=O) groups is 1. The van der Waals surface area contributed by atoms with Crippen LogP contribution in [0, 0.1) is 28.6 Å². The van der Waals surface area contributed by atoms with Crippen LogP contribution < -0.4 is 0 Å². The van der Waals surface area contributed by atoms with Crippen LogP contribution in [0.2, 0.25) is 0 Å². The summed E-state index contributed by atoms with van der Waals surface area (Å²) in [5.41, 5.74) is 1.16. The van der Waals surface area contributed by atoms with Crippen molar-refractivity contribution in [1.82, 2.24) is 0 Å². The molecule has 16 heavy (non-hydrogen) atoms. The Labute approximate surface area is 99.0 Å². The summed E-state index contributed by atoms with van der Waals surface area (Å²) in [6.45, 7) is 7.24. The van der Waals surface area contributed by atoms with Gasteiger partial charge in [-0.15, -0.1) is 0 Å². The molecule has 1 spiro atoms. The third-order valence-corrected chi connectivity index (χ3v) is 6.46. The summed E-state index contributed by atoms with van der Waals surface area (Å²) < 4.78 is 0. The van der Waals surface area contributed by atoms with Crippen LogP contribution in [-0.4, -0.2) is 5.78 Å². The minimum absolute atomic E-state index is 0.511. The van der Waals surface area contributed by atoms with Crippen molar-refractivity contribution in [3.05, 3.63) is 0 Å². The molecule has 0 amide bonds. The van der Waals surface area contributed by atoms with E-state index in [0.29, 0.717) is 22.5 Å². The summed E-state index contributed by atoms with van der Waals surface area (Å²) in [4.78, 5) is 11.5. The van der Waals surface area contributed by atoms with Gasteiger partial charge in [0.1, 0.15) is 5.78 Å². The first kappa shape index (κ1) is 10.8. The van der Waals surface area contributed by atoms with Crippen molar-refractivity contribution in [3.8, 4) is 0 Å². The summed E-state index contributed by atoms with van der Waals surface area (Å²) in [5, 5.41) is 0. The average molecular weight is 220 g/mol. The quantitative estimate of drug-likeness (QED) is 0.606. The third kappa shape index (κ3) is 1.26. The molecule has 0 heterocycles. The van der Waals surface area contributed by atoms with Crippen LogP contribution in [0.3, 0.4) is 0 Å². The average Bonchev–Trinajstić information content (AvgIpc) is 2.25. The highest BCUT2D eigenvalue weighted by Gasteiger charge is 2.59. The topological polar surface area (TPSA) is 17.1 Å². The molecule has 4 aliphatic carbocycles. The number of ketones is 1. The summed E-state index contributed by atoms with van der Waals surface area (Å²) in [7, 11) is 0. The highest BCUT2D eigenvalue weighted by Crippen LogP contribution is 2.67. The number of hydrogen-bond acceptors (Lipinski definition) is 1. The normalized spacial score (nSPS) is 50.2. The molecule has 0 aromatic carbocycles. The largest absolute Gasteiger partial charge is 0.300 e. The lowest BCUT2D eigenvalue weighted by atomic mass is 9.40. The van der Waals surface area contributed by atoms with Gasteiger partial charge in [-0.3, -0.25) is 4.79 Å². The Kier molecular flexibility index (Phi) is 2.10. The minimum atomic E-state index is 0.511. The zero-order chi connectivity index (χ0) is 11.6. The standard InChI is InChI=1S/C15H24O/c1-10-6-13(16)4-5-15(10)8-11-7-12(9-15)14(11,2)3/h10-12H,4-9H2,1-3H3/t10-,11?,12?,15?/m1/s1. The van der Waals surface area contributed by atoms with Gasteiger partial charge in [-0.25, -0.2) is 0 Å². The first-order valence-corrected chi connectivity index (χ1v) is 6.96. The Morgan fingerprint density at radius 1 is 1.19 bits per heavy atom. The lowest BCUT2D eigenvalue weighted by Crippen LogP contribution is -2.56. The SMILES string of the molecule is C[C@@H]1CC(=O)CCC12CC1CC(C2)C1(C)C. The molecule has 4 fully saturated rings. The van der Waals surface area contributed by atoms with Gasteiger partial charge in [0.2, 0.25) is 0 Å². The molecule has 4 aliphatic rings. The molecule has 0 aromatic rings. The highest BCUT2D eigenvalue weighted by atomic mass is 16.1. The second-order valence-corrected chi connectivity index (χ2v) is 7.37. The maximum atomic E-state index is 11.5. The van der Waals surface area contributed by atoms with E-state index in [0.717, 1.165) is 24.7 Å². The molecule has 0 saturated heterocycles. The van der Waals surface area contributed by atoms with Crippen molar-refractivity contribution >= 4 is 5.78 Å². The van der Waals surface area contributed by atoms with Crippen molar-refractivity contribution in [3.63, 3.8) is 0 Å². The molecule has 2 bridgehead atoms. The first-order valence-electron chi connectivity index (χ1n) is 6.96. The Bertz CT molecular complexity index is 314. The lowest BCUT2D eigenvalue weighted by Gasteiger charge is -2.65. The molecule has 1 nitrogen and oxygen atoms in total. The Hall–Kier alpha value is -0.330. The molecule has 0 aliphatic heterocycles. The number of Topliss-reactive ketones (excluding diaryl/α,β-unsaturated/α-hetero) is 1. The Morgan fingerprint density at radius 2 is 1.81 bits per heavy atom. The molecule has 0 N–H and O–H groups in total. The van der Waals surface area contributed by atoms with E-state index in [1.807, 2.05) is 0 Å². The molecule has 4 rings (SSSR count). The zero-order valence-corrected chi connectivity index (χ0v) is 10.9. The number of hydrogen-bond donors (Lipinski definition) is 0. The number of carbonyl (C=O) groups excluding carboxylic acids is 1. The van der Waals surface area contributed by atoms with Crippen LogP contribution in [0.25, 0.3) is 0 Å². The second kappa shape index (κ2) is 3.11. The van der Waals surface area contributed by atoms with E-state index in [1.54, 1.807) is 0 Å². The van der Waals surface area contributed by atoms with Crippen LogP contribution >= 0.6 is 0 Å². The van der Waals surface area contributed by atoms with E-state index >= 15 is 0 Å². The van der Waals surface area contributed by atoms with Crippen LogP contribution in [0.4, 0.5) is 0 Å². The van der Waals surface area contributed by atoms with Crippen molar-refractivity contribution in [1.29, 1.82) is 0 Å². The van der Waals surface area contributed by atoms with Crippen LogP contribution in [0.5, 0.6) is 0 Å². The van der Waals surface area contributed by atoms with E-state index in [2.05, 4.69) is 20.8 Å². The summed E-state index contributed by atoms with van der Waals surface area (Å²) in [6.07, 6.45) is 7.20. The molecular formula is C15H24O. The maximum absolute atomic E-state index is 11.5. The van der Waals surface area contributed by atoms with Gasteiger partial charge in [0.25, 0.3) is 0 Å². The first-order chi connectivity index (χ1) is 7.44. The molecule has 0 aromatic heterocycles. The Morgan fingerprint density at radius 3 is 2.31 bits per heavy atom. The lowest BCUT2D eigenvalue weighted by molar-refractivity contribution is -0.158. The van der Waals surface area contributed by atoms with E-state index in [4.69, 9.17) is 0 Å². The van der Waals surface area contributed by atoms with Crippen LogP contribution in [0.1, 0.15) is 59.3 Å². The summed E-state index contributed by atoms with van der Waals surface area (Å²) in [6, 6.07) is 0. The van der Waals surface area contributed by atoms with Crippen molar-refractivity contribution in [2.75, 3.05) is 0 Å². The van der Waals surface area contributed by atoms with E-state index < -0.39 is 0 Å². The van der Waals surface area contributed by atoms with Gasteiger partial charge in [0, 0.05) is 12.8 Å². The van der Waals surface area contributed by atoms with E-state index in [1.165, 1.54) is 25.7 Å². The molecule has 2 unspecified atom stereocenters. The monoisotopic (exact) mass is 220 g/mol. The van der Waals surface area contributed by atoms with Gasteiger partial charge in [0.15, 0.2) is 0 Å². The maximum Gasteiger partial charge on any atom is 0.133 e. The number of rotatable bonds is 0. The highest BCUT2D eigenvalue weighted by molar-refractivity contribution is 5.79. The molecule has 4 saturated carbocycles. The van der Waals surface area contributed by atoms with Gasteiger partial charge in [-0.1, -0.05) is 20.8 Å². The van der Waals surface area contributed by atoms with Gasteiger partial charge >= 0.3 is 0 Å². The predicted octanol–water partition coefficient (Wildman–Crippen LogP) is 3.82. The fourth-order valence-corrected chi connectivity index (χ4v) is 4.78. The molecule has 90 valence electrons. The Balaban J connectivity index is 1.80. The minimum Gasteiger partial charge on any atom is -0.300 e. The van der Waals surface area contributed by atoms with Gasteiger partial charge in [0.05, 0.1) is 0 Å². The zero-order valence-electron chi connectivity index (χ0n) is 10.9. The summed E-state index contributed by atoms with van der Waals surface area (Å²) in [5.74, 6) is 3.05. The van der Waals surface area contributed by atoms with Crippen molar-refractivity contribution in [2.45, 2.75) is 59.3 Å². The molecule has 0 radical (unpaired) electrons. The fraction of sp³-hybridized carbons (Fsp3) is 0.933.